The fourth-order valence-electron chi connectivity index (χ4n) is 2.34. The summed E-state index contributed by atoms with van der Waals surface area (Å²) in [5.41, 5.74) is 2.20. The minimum Gasteiger partial charge on any atom is -0.480 e. The van der Waals surface area contributed by atoms with E-state index in [2.05, 4.69) is 20.0 Å². The lowest BCUT2D eigenvalue weighted by atomic mass is 10.0. The summed E-state index contributed by atoms with van der Waals surface area (Å²) in [4.78, 5) is 19.5. The van der Waals surface area contributed by atoms with Crippen molar-refractivity contribution in [3.8, 4) is 22.5 Å². The molecule has 2 N–H and O–H groups in total. The first-order valence-corrected chi connectivity index (χ1v) is 8.31. The number of hydrogen-bond donors (Lipinski definition) is 2. The molecule has 0 spiro atoms. The number of rotatable bonds is 10. The average molecular weight is 385 g/mol. The number of nitrogens with zero attached hydrogens (tertiary/aromatic N) is 2. The van der Waals surface area contributed by atoms with Gasteiger partial charge in [0, 0.05) is 32.4 Å². The van der Waals surface area contributed by atoms with E-state index in [9.17, 15) is 4.79 Å². The van der Waals surface area contributed by atoms with Crippen molar-refractivity contribution in [3.05, 3.63) is 66.9 Å². The van der Waals surface area contributed by atoms with Gasteiger partial charge in [-0.05, 0) is 12.7 Å². The number of aliphatic carboxylic acids is 1. The molecule has 0 amide bonds. The van der Waals surface area contributed by atoms with E-state index >= 15 is 0 Å². The Balaban J connectivity index is 2.00. The average Bonchev–Trinajstić information content (AvgIpc) is 2.83. The SMILES string of the molecule is [2H]C([2H])(Nc1cnc(-c2ccccc2)c(-c2ccccc2)n1)C([2H])([2H])C([2H])([2H])C([2H])([2H])OCC(=O)O. The molecule has 0 atom stereocenters. The number of aromatic nitrogens is 2. The van der Waals surface area contributed by atoms with Gasteiger partial charge in [-0.15, -0.1) is 0 Å². The summed E-state index contributed by atoms with van der Waals surface area (Å²) >= 11 is 0. The topological polar surface area (TPSA) is 84.3 Å². The van der Waals surface area contributed by atoms with E-state index in [4.69, 9.17) is 16.1 Å². The molecule has 0 aliphatic carbocycles. The van der Waals surface area contributed by atoms with Crippen LogP contribution in [0.2, 0.25) is 0 Å². The second-order valence-corrected chi connectivity index (χ2v) is 5.47. The quantitative estimate of drug-likeness (QED) is 0.546. The molecule has 0 fully saturated rings. The first-order valence-electron chi connectivity index (χ1n) is 12.3. The lowest BCUT2D eigenvalue weighted by Gasteiger charge is -2.12. The smallest absolute Gasteiger partial charge is 0.329 e. The number of carboxylic acids is 1. The second-order valence-electron chi connectivity index (χ2n) is 5.47. The van der Waals surface area contributed by atoms with E-state index in [1.165, 1.54) is 0 Å². The fraction of sp³-hybridized carbons (Fsp3) is 0.227. The van der Waals surface area contributed by atoms with Crippen LogP contribution in [0.1, 0.15) is 23.7 Å². The van der Waals surface area contributed by atoms with Gasteiger partial charge in [0.25, 0.3) is 0 Å². The monoisotopic (exact) mass is 385 g/mol. The van der Waals surface area contributed by atoms with Crippen molar-refractivity contribution in [2.24, 2.45) is 0 Å². The van der Waals surface area contributed by atoms with Crippen molar-refractivity contribution in [2.75, 3.05) is 25.0 Å². The molecule has 0 saturated heterocycles. The standard InChI is InChI=1S/C22H23N3O3/c26-20(27)16-28-14-8-7-13-23-19-15-24-21(17-9-3-1-4-10-17)22(25-19)18-11-5-2-6-12-18/h1-6,9-12,15H,7-8,13-14,16H2,(H,23,25)(H,26,27)/i7D2,8D2,13D2,14D2. The number of anilines is 1. The van der Waals surface area contributed by atoms with Crippen LogP contribution >= 0.6 is 0 Å². The van der Waals surface area contributed by atoms with Crippen LogP contribution in [0.4, 0.5) is 5.82 Å². The third-order valence-electron chi connectivity index (χ3n) is 3.50. The van der Waals surface area contributed by atoms with Crippen LogP contribution in [0.3, 0.4) is 0 Å². The van der Waals surface area contributed by atoms with Crippen molar-refractivity contribution in [1.29, 1.82) is 0 Å². The van der Waals surface area contributed by atoms with Gasteiger partial charge in [0.05, 0.1) is 20.3 Å². The molecule has 0 aliphatic rings. The molecule has 144 valence electrons. The second kappa shape index (κ2) is 10.2. The highest BCUT2D eigenvalue weighted by Gasteiger charge is 2.11. The molecule has 0 saturated carbocycles. The third-order valence-corrected chi connectivity index (χ3v) is 3.50. The number of carboxylic acid groups (broad SMARTS) is 1. The van der Waals surface area contributed by atoms with Crippen LogP contribution < -0.4 is 5.32 Å². The summed E-state index contributed by atoms with van der Waals surface area (Å²) < 4.78 is 68.7. The summed E-state index contributed by atoms with van der Waals surface area (Å²) in [5, 5.41) is 10.9. The van der Waals surface area contributed by atoms with Crippen molar-refractivity contribution < 1.29 is 25.6 Å². The van der Waals surface area contributed by atoms with Crippen LogP contribution in [-0.2, 0) is 9.53 Å². The summed E-state index contributed by atoms with van der Waals surface area (Å²) in [6.45, 7) is -7.97. The van der Waals surface area contributed by atoms with E-state index in [1.54, 1.807) is 30.3 Å². The van der Waals surface area contributed by atoms with Gasteiger partial charge in [0.2, 0.25) is 0 Å². The molecule has 6 heteroatoms. The zero-order chi connectivity index (χ0) is 26.8. The molecule has 2 aromatic carbocycles. The summed E-state index contributed by atoms with van der Waals surface area (Å²) in [5.74, 6) is -1.83. The van der Waals surface area contributed by atoms with E-state index < -0.39 is 38.4 Å². The molecule has 0 bridgehead atoms. The lowest BCUT2D eigenvalue weighted by Crippen LogP contribution is -2.09. The Bertz CT molecular complexity index is 1210. The minimum absolute atomic E-state index is 0.231. The van der Waals surface area contributed by atoms with Gasteiger partial charge in [0.1, 0.15) is 12.4 Å². The molecule has 1 aromatic heterocycles. The molecule has 6 nitrogen and oxygen atoms in total. The number of ether oxygens (including phenoxy) is 1. The zero-order valence-corrected chi connectivity index (χ0v) is 14.7. The first-order chi connectivity index (χ1) is 16.7. The molecular formula is C22H23N3O3. The number of carbonyl (C=O) groups is 1. The number of hydrogen-bond acceptors (Lipinski definition) is 5. The Morgan fingerprint density at radius 2 is 1.64 bits per heavy atom. The third kappa shape index (κ3) is 5.62. The van der Waals surface area contributed by atoms with Gasteiger partial charge in [-0.2, -0.15) is 0 Å². The first kappa shape index (κ1) is 11.6. The fourth-order valence-corrected chi connectivity index (χ4v) is 2.34. The molecular weight excluding hydrogens is 354 g/mol. The van der Waals surface area contributed by atoms with Gasteiger partial charge in [0.15, 0.2) is 0 Å². The van der Waals surface area contributed by atoms with Gasteiger partial charge in [-0.1, -0.05) is 60.7 Å². The van der Waals surface area contributed by atoms with E-state index in [-0.39, 0.29) is 5.82 Å². The van der Waals surface area contributed by atoms with Crippen LogP contribution in [0, 0.1) is 0 Å². The van der Waals surface area contributed by atoms with Gasteiger partial charge < -0.3 is 15.2 Å². The Kier molecular flexibility index (Phi) is 4.20. The van der Waals surface area contributed by atoms with E-state index in [0.29, 0.717) is 17.0 Å². The lowest BCUT2D eigenvalue weighted by molar-refractivity contribution is -0.142. The zero-order valence-electron chi connectivity index (χ0n) is 22.7. The van der Waals surface area contributed by atoms with Crippen LogP contribution in [0.5, 0.6) is 0 Å². The highest BCUT2D eigenvalue weighted by molar-refractivity contribution is 5.78. The predicted molar refractivity (Wildman–Crippen MR) is 109 cm³/mol. The maximum Gasteiger partial charge on any atom is 0.329 e. The molecule has 0 aliphatic heterocycles. The van der Waals surface area contributed by atoms with Gasteiger partial charge in [-0.25, -0.2) is 9.78 Å². The largest absolute Gasteiger partial charge is 0.480 e. The molecule has 3 rings (SSSR count). The highest BCUT2D eigenvalue weighted by Crippen LogP contribution is 2.29. The summed E-state index contributed by atoms with van der Waals surface area (Å²) in [6, 6.07) is 18.0. The van der Waals surface area contributed by atoms with Gasteiger partial charge in [-0.3, -0.25) is 4.98 Å². The van der Waals surface area contributed by atoms with Gasteiger partial charge >= 0.3 is 5.97 Å². The molecule has 0 radical (unpaired) electrons. The van der Waals surface area contributed by atoms with Crippen LogP contribution in [0.25, 0.3) is 22.5 Å². The van der Waals surface area contributed by atoms with E-state index in [1.807, 2.05) is 30.3 Å². The number of benzene rings is 2. The van der Waals surface area contributed by atoms with Crippen molar-refractivity contribution in [3.63, 3.8) is 0 Å². The van der Waals surface area contributed by atoms with Crippen molar-refractivity contribution in [1.82, 2.24) is 9.97 Å². The summed E-state index contributed by atoms with van der Waals surface area (Å²) in [7, 11) is 0. The predicted octanol–water partition coefficient (Wildman–Crippen LogP) is 4.10. The van der Waals surface area contributed by atoms with Crippen LogP contribution in [-0.4, -0.2) is 40.7 Å². The number of nitrogens with one attached hydrogen (secondary N) is 1. The molecule has 28 heavy (non-hydrogen) atoms. The van der Waals surface area contributed by atoms with Crippen molar-refractivity contribution >= 4 is 11.8 Å². The molecule has 1 heterocycles. The molecule has 3 aromatic rings. The Labute approximate surface area is 175 Å². The maximum atomic E-state index is 10.7. The van der Waals surface area contributed by atoms with E-state index in [0.717, 1.165) is 11.8 Å². The summed E-state index contributed by atoms with van der Waals surface area (Å²) in [6.07, 6.45) is -6.05. The highest BCUT2D eigenvalue weighted by atomic mass is 16.5. The Hall–Kier alpha value is -3.25. The Morgan fingerprint density at radius 3 is 2.29 bits per heavy atom. The normalized spacial score (nSPS) is 16.9. The molecule has 0 unspecified atom stereocenters. The maximum absolute atomic E-state index is 10.7. The minimum atomic E-state index is -3.63. The van der Waals surface area contributed by atoms with Crippen LogP contribution in [0.15, 0.2) is 66.9 Å². The van der Waals surface area contributed by atoms with Crippen molar-refractivity contribution in [2.45, 2.75) is 12.7 Å². The Morgan fingerprint density at radius 1 is 1.00 bits per heavy atom.